The third kappa shape index (κ3) is 5.17. The lowest BCUT2D eigenvalue weighted by Gasteiger charge is -2.62. The van der Waals surface area contributed by atoms with Gasteiger partial charge >= 0.3 is 0 Å². The Bertz CT molecular complexity index is 1310. The van der Waals surface area contributed by atoms with Gasteiger partial charge in [0.25, 0.3) is 5.91 Å². The summed E-state index contributed by atoms with van der Waals surface area (Å²) in [5.41, 5.74) is 2.09. The number of hydrogen-bond donors (Lipinski definition) is 2. The summed E-state index contributed by atoms with van der Waals surface area (Å²) >= 11 is 0. The standard InChI is InChI=1S/C34H41FN4O3/c35-27-18-25-31-33(29(27)37-17-15-23-11-6-7-16-36-23)42-28-14-13-22-10-4-5-12-24(22)30(28)39(31)20-26(32(25)40)34(41)38-19-21-8-2-1-3-9-21/h1-3,6-9,11,16,20,22,24-25,27-31,33,37H,4-5,10,12-15,17-19H2,(H,38,41). The Hall–Kier alpha value is -3.10. The first-order chi connectivity index (χ1) is 20.6. The van der Waals surface area contributed by atoms with Crippen LogP contribution in [-0.4, -0.2) is 64.6 Å². The van der Waals surface area contributed by atoms with Crippen LogP contribution in [0, 0.1) is 17.8 Å². The van der Waals surface area contributed by atoms with E-state index in [9.17, 15) is 9.59 Å². The summed E-state index contributed by atoms with van der Waals surface area (Å²) < 4.78 is 22.9. The number of halogens is 1. The average Bonchev–Trinajstić information content (AvgIpc) is 3.03. The maximum absolute atomic E-state index is 16.0. The second-order valence-corrected chi connectivity index (χ2v) is 12.8. The average molecular weight is 573 g/mol. The molecule has 4 fully saturated rings. The van der Waals surface area contributed by atoms with Crippen LogP contribution in [0.2, 0.25) is 0 Å². The second-order valence-electron chi connectivity index (χ2n) is 12.8. The highest BCUT2D eigenvalue weighted by Gasteiger charge is 2.60. The van der Waals surface area contributed by atoms with Gasteiger partial charge in [-0.15, -0.1) is 0 Å². The van der Waals surface area contributed by atoms with Crippen molar-refractivity contribution in [2.45, 2.75) is 94.4 Å². The summed E-state index contributed by atoms with van der Waals surface area (Å²) in [7, 11) is 0. The molecule has 1 aromatic carbocycles. The minimum absolute atomic E-state index is 0.0327. The molecule has 42 heavy (non-hydrogen) atoms. The summed E-state index contributed by atoms with van der Waals surface area (Å²) in [6.45, 7) is 0.921. The van der Waals surface area contributed by atoms with Crippen molar-refractivity contribution >= 4 is 11.7 Å². The molecule has 9 unspecified atom stereocenters. The van der Waals surface area contributed by atoms with Gasteiger partial charge < -0.3 is 20.3 Å². The van der Waals surface area contributed by atoms with Gasteiger partial charge in [-0.05, 0) is 55.2 Å². The van der Waals surface area contributed by atoms with Gasteiger partial charge in [-0.1, -0.05) is 55.7 Å². The van der Waals surface area contributed by atoms with E-state index in [1.807, 2.05) is 54.7 Å². The lowest BCUT2D eigenvalue weighted by atomic mass is 9.63. The third-order valence-corrected chi connectivity index (χ3v) is 10.5. The molecule has 7 nitrogen and oxygen atoms in total. The quantitative estimate of drug-likeness (QED) is 0.486. The summed E-state index contributed by atoms with van der Waals surface area (Å²) in [5.74, 6) is -0.116. The molecule has 3 saturated carbocycles. The second kappa shape index (κ2) is 11.9. The van der Waals surface area contributed by atoms with Crippen molar-refractivity contribution in [2.24, 2.45) is 17.8 Å². The molecule has 5 aliphatic rings. The Balaban J connectivity index is 1.18. The lowest BCUT2D eigenvalue weighted by molar-refractivity contribution is -0.215. The number of amides is 1. The van der Waals surface area contributed by atoms with E-state index in [0.717, 1.165) is 30.5 Å². The van der Waals surface area contributed by atoms with Crippen molar-refractivity contribution in [3.63, 3.8) is 0 Å². The third-order valence-electron chi connectivity index (χ3n) is 10.5. The fraction of sp³-hybridized carbons (Fsp3) is 0.559. The number of ketones is 1. The van der Waals surface area contributed by atoms with Gasteiger partial charge in [0.05, 0.1) is 35.9 Å². The first-order valence-electron chi connectivity index (χ1n) is 15.9. The Morgan fingerprint density at radius 2 is 1.86 bits per heavy atom. The number of ether oxygens (including phenoxy) is 1. The number of aromatic nitrogens is 1. The van der Waals surface area contributed by atoms with Crippen LogP contribution in [-0.2, 0) is 27.3 Å². The van der Waals surface area contributed by atoms with Gasteiger partial charge in [0.15, 0.2) is 5.78 Å². The van der Waals surface area contributed by atoms with E-state index in [-0.39, 0.29) is 41.9 Å². The number of fused-ring (bicyclic) bond motifs is 4. The molecule has 3 aliphatic carbocycles. The van der Waals surface area contributed by atoms with E-state index in [1.165, 1.54) is 19.3 Å². The first kappa shape index (κ1) is 27.7. The molecule has 1 amide bonds. The Labute approximate surface area is 247 Å². The maximum Gasteiger partial charge on any atom is 0.256 e. The van der Waals surface area contributed by atoms with Gasteiger partial charge in [0, 0.05) is 43.5 Å². The number of hydrogen-bond acceptors (Lipinski definition) is 6. The van der Waals surface area contributed by atoms with Crippen molar-refractivity contribution in [3.8, 4) is 0 Å². The molecule has 1 aromatic heterocycles. The van der Waals surface area contributed by atoms with E-state index in [4.69, 9.17) is 4.74 Å². The normalized spacial score (nSPS) is 35.4. The van der Waals surface area contributed by atoms with E-state index in [2.05, 4.69) is 20.5 Å². The van der Waals surface area contributed by atoms with E-state index >= 15 is 4.39 Å². The zero-order chi connectivity index (χ0) is 28.6. The molecule has 2 N–H and O–H groups in total. The predicted molar refractivity (Wildman–Crippen MR) is 157 cm³/mol. The molecular formula is C34H41FN4O3. The Morgan fingerprint density at radius 3 is 2.69 bits per heavy atom. The molecule has 222 valence electrons. The number of nitrogens with zero attached hydrogens (tertiary/aromatic N) is 2. The molecule has 2 aromatic rings. The molecule has 3 heterocycles. The number of Topliss-reactive ketones (excluding diaryl/α,β-unsaturated/α-hetero) is 1. The summed E-state index contributed by atoms with van der Waals surface area (Å²) in [4.78, 5) is 34.2. The van der Waals surface area contributed by atoms with Gasteiger partial charge in [-0.25, -0.2) is 4.39 Å². The number of nitrogens with one attached hydrogen (secondary N) is 2. The number of pyridine rings is 1. The van der Waals surface area contributed by atoms with E-state index < -0.39 is 24.2 Å². The number of rotatable bonds is 7. The topological polar surface area (TPSA) is 83.6 Å². The van der Waals surface area contributed by atoms with Crippen molar-refractivity contribution in [3.05, 3.63) is 77.8 Å². The van der Waals surface area contributed by atoms with Gasteiger partial charge in [-0.3, -0.25) is 14.6 Å². The number of alkyl halides is 1. The number of carbonyl (C=O) groups excluding carboxylic acids is 2. The highest BCUT2D eigenvalue weighted by molar-refractivity contribution is 6.20. The van der Waals surface area contributed by atoms with Crippen LogP contribution in [0.25, 0.3) is 0 Å². The molecule has 0 bridgehead atoms. The van der Waals surface area contributed by atoms with Crippen molar-refractivity contribution < 1.29 is 18.7 Å². The highest BCUT2D eigenvalue weighted by atomic mass is 19.1. The monoisotopic (exact) mass is 572 g/mol. The summed E-state index contributed by atoms with van der Waals surface area (Å²) in [6, 6.07) is 14.8. The Morgan fingerprint density at radius 1 is 1.02 bits per heavy atom. The number of carbonyl (C=O) groups is 2. The minimum Gasteiger partial charge on any atom is -0.369 e. The van der Waals surface area contributed by atoms with Crippen LogP contribution in [0.1, 0.15) is 56.2 Å². The van der Waals surface area contributed by atoms with Gasteiger partial charge in [0.1, 0.15) is 6.17 Å². The zero-order valence-corrected chi connectivity index (χ0v) is 24.0. The molecule has 2 aliphatic heterocycles. The van der Waals surface area contributed by atoms with Crippen LogP contribution in [0.5, 0.6) is 0 Å². The van der Waals surface area contributed by atoms with Crippen LogP contribution >= 0.6 is 0 Å². The highest BCUT2D eigenvalue weighted by Crippen LogP contribution is 2.51. The van der Waals surface area contributed by atoms with Crippen LogP contribution in [0.15, 0.2) is 66.5 Å². The van der Waals surface area contributed by atoms with Crippen LogP contribution < -0.4 is 10.6 Å². The fourth-order valence-corrected chi connectivity index (χ4v) is 8.60. The zero-order valence-electron chi connectivity index (χ0n) is 24.0. The van der Waals surface area contributed by atoms with E-state index in [0.29, 0.717) is 31.3 Å². The molecular weight excluding hydrogens is 531 g/mol. The number of benzene rings is 1. The molecule has 8 heteroatoms. The summed E-state index contributed by atoms with van der Waals surface area (Å²) in [6.07, 6.45) is 9.56. The molecule has 0 radical (unpaired) electrons. The number of morpholine rings is 1. The van der Waals surface area contributed by atoms with E-state index in [1.54, 1.807) is 6.20 Å². The molecule has 0 spiro atoms. The van der Waals surface area contributed by atoms with Gasteiger partial charge in [0.2, 0.25) is 0 Å². The molecule has 7 rings (SSSR count). The Kier molecular flexibility index (Phi) is 7.84. The van der Waals surface area contributed by atoms with Crippen molar-refractivity contribution in [1.82, 2.24) is 20.5 Å². The first-order valence-corrected chi connectivity index (χ1v) is 15.9. The minimum atomic E-state index is -1.25. The maximum atomic E-state index is 16.0. The van der Waals surface area contributed by atoms with Crippen LogP contribution in [0.3, 0.4) is 0 Å². The van der Waals surface area contributed by atoms with Crippen molar-refractivity contribution in [2.75, 3.05) is 6.54 Å². The lowest BCUT2D eigenvalue weighted by Crippen LogP contribution is -2.74. The SMILES string of the molecule is O=C(NCc1ccccc1)C1=CN2C3C(CCC4CCCCC43)OC3C(NCCc4ccccn4)C(F)CC(C1=O)C32. The van der Waals surface area contributed by atoms with Gasteiger partial charge in [-0.2, -0.15) is 0 Å². The largest absolute Gasteiger partial charge is 0.369 e. The molecule has 9 atom stereocenters. The van der Waals surface area contributed by atoms with Crippen LogP contribution in [0.4, 0.5) is 4.39 Å². The smallest absolute Gasteiger partial charge is 0.256 e. The fourth-order valence-electron chi connectivity index (χ4n) is 8.60. The molecule has 1 saturated heterocycles. The predicted octanol–water partition coefficient (Wildman–Crippen LogP) is 4.13. The van der Waals surface area contributed by atoms with Crippen molar-refractivity contribution in [1.29, 1.82) is 0 Å². The summed E-state index contributed by atoms with van der Waals surface area (Å²) in [5, 5.41) is 6.43.